The lowest BCUT2D eigenvalue weighted by molar-refractivity contribution is -0.132. The summed E-state index contributed by atoms with van der Waals surface area (Å²) in [4.78, 5) is 43.8. The second kappa shape index (κ2) is 9.10. The third-order valence-electron chi connectivity index (χ3n) is 6.17. The predicted octanol–water partition coefficient (Wildman–Crippen LogP) is 2.52. The summed E-state index contributed by atoms with van der Waals surface area (Å²) >= 11 is 0. The maximum Gasteiger partial charge on any atom is 0.265 e. The number of Topliss-reactive ketones (excluding diaryl/α,β-unsaturated/α-hetero) is 1. The van der Waals surface area contributed by atoms with E-state index >= 15 is 0 Å². The molecule has 9 nitrogen and oxygen atoms in total. The minimum atomic E-state index is -0.497. The third kappa shape index (κ3) is 4.51. The molecule has 4 rings (SSSR count). The molecule has 9 heteroatoms. The van der Waals surface area contributed by atoms with Crippen molar-refractivity contribution in [2.24, 2.45) is 5.92 Å². The minimum absolute atomic E-state index is 0.0421. The number of nitrogens with zero attached hydrogens (tertiary/aromatic N) is 4. The third-order valence-corrected chi connectivity index (χ3v) is 6.17. The summed E-state index contributed by atoms with van der Waals surface area (Å²) in [6.45, 7) is 7.23. The Morgan fingerprint density at radius 1 is 1.22 bits per heavy atom. The lowest BCUT2D eigenvalue weighted by atomic mass is 9.88. The molecule has 0 radical (unpaired) electrons. The van der Waals surface area contributed by atoms with Crippen LogP contribution in [0.15, 0.2) is 18.2 Å². The van der Waals surface area contributed by atoms with Crippen LogP contribution < -0.4 is 10.1 Å². The fraction of sp³-hybridized carbons (Fsp3) is 0.522. The molecule has 0 bridgehead atoms. The SMILES string of the molecule is CCC1Oc2ccc(C(=O)C3CCN(C(=O)CCn4nc(C)nc4C)CC3)cc2NC1=O. The zero-order chi connectivity index (χ0) is 22.8. The van der Waals surface area contributed by atoms with Gasteiger partial charge >= 0.3 is 0 Å². The van der Waals surface area contributed by atoms with Crippen molar-refractivity contribution in [2.45, 2.75) is 59.1 Å². The molecule has 3 heterocycles. The van der Waals surface area contributed by atoms with E-state index in [1.807, 2.05) is 25.7 Å². The number of nitrogens with one attached hydrogen (secondary N) is 1. The molecule has 1 N–H and O–H groups in total. The van der Waals surface area contributed by atoms with Gasteiger partial charge in [0.2, 0.25) is 5.91 Å². The number of ether oxygens (including phenoxy) is 1. The van der Waals surface area contributed by atoms with Crippen LogP contribution in [0, 0.1) is 19.8 Å². The van der Waals surface area contributed by atoms with Crippen LogP contribution in [0.1, 0.15) is 54.6 Å². The van der Waals surface area contributed by atoms with Gasteiger partial charge in [-0.25, -0.2) is 9.67 Å². The summed E-state index contributed by atoms with van der Waals surface area (Å²) in [5.74, 6) is 1.88. The Morgan fingerprint density at radius 3 is 2.62 bits per heavy atom. The molecule has 0 spiro atoms. The molecule has 2 aromatic rings. The highest BCUT2D eigenvalue weighted by Crippen LogP contribution is 2.33. The first kappa shape index (κ1) is 22.0. The zero-order valence-corrected chi connectivity index (χ0v) is 18.8. The summed E-state index contributed by atoms with van der Waals surface area (Å²) in [5, 5.41) is 7.13. The maximum atomic E-state index is 13.0. The number of fused-ring (bicyclic) bond motifs is 1. The Balaban J connectivity index is 1.32. The van der Waals surface area contributed by atoms with E-state index in [1.165, 1.54) is 0 Å². The number of anilines is 1. The van der Waals surface area contributed by atoms with Crippen molar-refractivity contribution in [1.82, 2.24) is 19.7 Å². The Morgan fingerprint density at radius 2 is 1.97 bits per heavy atom. The molecule has 1 saturated heterocycles. The van der Waals surface area contributed by atoms with E-state index in [0.717, 1.165) is 5.82 Å². The van der Waals surface area contributed by atoms with E-state index in [0.29, 0.717) is 68.1 Å². The fourth-order valence-electron chi connectivity index (χ4n) is 4.33. The predicted molar refractivity (Wildman–Crippen MR) is 118 cm³/mol. The van der Waals surface area contributed by atoms with E-state index < -0.39 is 6.10 Å². The van der Waals surface area contributed by atoms with Gasteiger partial charge in [0.05, 0.1) is 12.2 Å². The van der Waals surface area contributed by atoms with E-state index in [2.05, 4.69) is 15.4 Å². The number of aromatic nitrogens is 3. The van der Waals surface area contributed by atoms with Crippen LogP contribution in [0.3, 0.4) is 0 Å². The molecule has 1 aromatic carbocycles. The minimum Gasteiger partial charge on any atom is -0.478 e. The van der Waals surface area contributed by atoms with Crippen molar-refractivity contribution in [3.63, 3.8) is 0 Å². The first-order chi connectivity index (χ1) is 15.4. The summed E-state index contributed by atoms with van der Waals surface area (Å²) < 4.78 is 7.45. The Labute approximate surface area is 187 Å². The van der Waals surface area contributed by atoms with Gasteiger partial charge in [-0.1, -0.05) is 6.92 Å². The zero-order valence-electron chi connectivity index (χ0n) is 18.8. The number of aryl methyl sites for hydroxylation is 3. The van der Waals surface area contributed by atoms with Gasteiger partial charge < -0.3 is 15.0 Å². The summed E-state index contributed by atoms with van der Waals surface area (Å²) in [7, 11) is 0. The Hall–Kier alpha value is -3.23. The summed E-state index contributed by atoms with van der Waals surface area (Å²) in [6, 6.07) is 5.20. The lowest BCUT2D eigenvalue weighted by Gasteiger charge is -2.31. The van der Waals surface area contributed by atoms with Crippen LogP contribution in [-0.2, 0) is 16.1 Å². The number of ketones is 1. The van der Waals surface area contributed by atoms with Crippen LogP contribution in [0.4, 0.5) is 5.69 Å². The second-order valence-corrected chi connectivity index (χ2v) is 8.41. The topological polar surface area (TPSA) is 106 Å². The van der Waals surface area contributed by atoms with Crippen LogP contribution in [0.25, 0.3) is 0 Å². The van der Waals surface area contributed by atoms with E-state index in [4.69, 9.17) is 4.74 Å². The number of likely N-dealkylation sites (tertiary alicyclic amines) is 1. The van der Waals surface area contributed by atoms with Crippen molar-refractivity contribution < 1.29 is 19.1 Å². The quantitative estimate of drug-likeness (QED) is 0.693. The first-order valence-corrected chi connectivity index (χ1v) is 11.2. The normalized spacial score (nSPS) is 18.7. The maximum absolute atomic E-state index is 13.0. The van der Waals surface area contributed by atoms with Gasteiger partial charge in [0.15, 0.2) is 11.9 Å². The number of piperidine rings is 1. The molecule has 0 aliphatic carbocycles. The highest BCUT2D eigenvalue weighted by atomic mass is 16.5. The number of rotatable bonds is 6. The van der Waals surface area contributed by atoms with Gasteiger partial charge in [0, 0.05) is 31.0 Å². The van der Waals surface area contributed by atoms with Crippen LogP contribution in [0.2, 0.25) is 0 Å². The first-order valence-electron chi connectivity index (χ1n) is 11.2. The van der Waals surface area contributed by atoms with Gasteiger partial charge in [-0.3, -0.25) is 14.4 Å². The van der Waals surface area contributed by atoms with E-state index in [-0.39, 0.29) is 23.5 Å². The highest BCUT2D eigenvalue weighted by molar-refractivity contribution is 6.02. The number of benzene rings is 1. The van der Waals surface area contributed by atoms with Gasteiger partial charge in [-0.15, -0.1) is 0 Å². The average Bonchev–Trinajstić information content (AvgIpc) is 3.12. The fourth-order valence-corrected chi connectivity index (χ4v) is 4.33. The molecule has 2 aliphatic rings. The van der Waals surface area contributed by atoms with Gasteiger partial charge in [-0.2, -0.15) is 5.10 Å². The van der Waals surface area contributed by atoms with Crippen LogP contribution >= 0.6 is 0 Å². The number of amides is 2. The van der Waals surface area contributed by atoms with Gasteiger partial charge in [-0.05, 0) is 51.3 Å². The molecule has 1 fully saturated rings. The van der Waals surface area contributed by atoms with E-state index in [1.54, 1.807) is 22.9 Å². The summed E-state index contributed by atoms with van der Waals surface area (Å²) in [6.07, 6.45) is 1.71. The van der Waals surface area contributed by atoms with Crippen molar-refractivity contribution in [3.8, 4) is 5.75 Å². The number of hydrogen-bond donors (Lipinski definition) is 1. The molecule has 1 atom stereocenters. The Kier molecular flexibility index (Phi) is 6.25. The van der Waals surface area contributed by atoms with Crippen LogP contribution in [-0.4, -0.2) is 56.5 Å². The standard InChI is InChI=1S/C23H29N5O4/c1-4-19-23(31)25-18-13-17(5-6-20(18)32-19)22(30)16-7-10-27(11-8-16)21(29)9-12-28-15(3)24-14(2)26-28/h5-6,13,16,19H,4,7-12H2,1-3H3,(H,25,31). The monoisotopic (exact) mass is 439 g/mol. The number of hydrogen-bond acceptors (Lipinski definition) is 6. The molecular weight excluding hydrogens is 410 g/mol. The van der Waals surface area contributed by atoms with E-state index in [9.17, 15) is 14.4 Å². The van der Waals surface area contributed by atoms with Gasteiger partial charge in [0.25, 0.3) is 5.91 Å². The smallest absolute Gasteiger partial charge is 0.265 e. The Bertz CT molecular complexity index is 1040. The lowest BCUT2D eigenvalue weighted by Crippen LogP contribution is -2.40. The molecule has 170 valence electrons. The molecular formula is C23H29N5O4. The van der Waals surface area contributed by atoms with Crippen molar-refractivity contribution >= 4 is 23.3 Å². The molecule has 32 heavy (non-hydrogen) atoms. The van der Waals surface area contributed by atoms with Crippen molar-refractivity contribution in [1.29, 1.82) is 0 Å². The largest absolute Gasteiger partial charge is 0.478 e. The number of carbonyl (C=O) groups is 3. The molecule has 2 amide bonds. The molecule has 1 unspecified atom stereocenters. The van der Waals surface area contributed by atoms with Crippen LogP contribution in [0.5, 0.6) is 5.75 Å². The molecule has 2 aliphatic heterocycles. The second-order valence-electron chi connectivity index (χ2n) is 8.41. The summed E-state index contributed by atoms with van der Waals surface area (Å²) in [5.41, 5.74) is 1.10. The molecule has 0 saturated carbocycles. The average molecular weight is 440 g/mol. The van der Waals surface area contributed by atoms with Gasteiger partial charge in [0.1, 0.15) is 17.4 Å². The van der Waals surface area contributed by atoms with Crippen molar-refractivity contribution in [2.75, 3.05) is 18.4 Å². The van der Waals surface area contributed by atoms with Crippen molar-refractivity contribution in [3.05, 3.63) is 35.4 Å². The number of carbonyl (C=O) groups excluding carboxylic acids is 3. The highest BCUT2D eigenvalue weighted by Gasteiger charge is 2.30. The molecule has 1 aromatic heterocycles.